The second kappa shape index (κ2) is 13.8. The summed E-state index contributed by atoms with van der Waals surface area (Å²) >= 11 is 0. The third-order valence-corrected chi connectivity index (χ3v) is 6.48. The summed E-state index contributed by atoms with van der Waals surface area (Å²) in [6, 6.07) is -2.86. The van der Waals surface area contributed by atoms with E-state index in [4.69, 9.17) is 59.4 Å². The smallest absolute Gasteiger partial charge is 0.394 e. The molecule has 226 valence electrons. The maximum absolute atomic E-state index is 10.9. The van der Waals surface area contributed by atoms with E-state index in [1.807, 2.05) is 0 Å². The van der Waals surface area contributed by atoms with E-state index in [9.17, 15) is 35.7 Å². The first-order valence-corrected chi connectivity index (χ1v) is 12.9. The number of aliphatic hydroxyl groups excluding tert-OH is 7. The van der Waals surface area contributed by atoms with E-state index in [-0.39, 0.29) is 13.0 Å². The predicted molar refractivity (Wildman–Crippen MR) is 122 cm³/mol. The summed E-state index contributed by atoms with van der Waals surface area (Å²) in [4.78, 5) is 0. The van der Waals surface area contributed by atoms with E-state index in [1.54, 1.807) is 0 Å². The van der Waals surface area contributed by atoms with Gasteiger partial charge in [0.05, 0.1) is 12.6 Å². The highest BCUT2D eigenvalue weighted by Gasteiger charge is 2.51. The molecule has 0 amide bonds. The van der Waals surface area contributed by atoms with Crippen molar-refractivity contribution >= 4 is 10.4 Å². The minimum Gasteiger partial charge on any atom is -0.394 e. The van der Waals surface area contributed by atoms with Crippen molar-refractivity contribution in [3.8, 4) is 0 Å². The van der Waals surface area contributed by atoms with E-state index < -0.39 is 109 Å². The summed E-state index contributed by atoms with van der Waals surface area (Å²) in [6.45, 7) is -0.763. The van der Waals surface area contributed by atoms with Crippen LogP contribution in [0.5, 0.6) is 0 Å². The number of hydrogen-bond acceptors (Lipinski definition) is 17. The molecule has 0 aromatic rings. The molecule has 1 aliphatic carbocycles. The van der Waals surface area contributed by atoms with Gasteiger partial charge in [0.15, 0.2) is 12.6 Å². The van der Waals surface area contributed by atoms with Gasteiger partial charge in [0.1, 0.15) is 61.0 Å². The zero-order valence-corrected chi connectivity index (χ0v) is 20.8. The minimum atomic E-state index is -4.67. The van der Waals surface area contributed by atoms with Crippen LogP contribution in [0.2, 0.25) is 0 Å². The Labute approximate surface area is 217 Å². The quantitative estimate of drug-likeness (QED) is 0.129. The second-order valence-electron chi connectivity index (χ2n) is 9.24. The molecule has 0 radical (unpaired) electrons. The molecule has 9 unspecified atom stereocenters. The first kappa shape index (κ1) is 33.5. The van der Waals surface area contributed by atoms with Gasteiger partial charge >= 0.3 is 10.4 Å². The molecule has 3 fully saturated rings. The lowest BCUT2D eigenvalue weighted by Crippen LogP contribution is -2.68. The summed E-state index contributed by atoms with van der Waals surface area (Å²) in [5.41, 5.74) is 23.5. The van der Waals surface area contributed by atoms with Gasteiger partial charge in [-0.1, -0.05) is 0 Å². The number of nitrogens with two attached hydrogens (primary N) is 4. The van der Waals surface area contributed by atoms with E-state index in [0.717, 1.165) is 0 Å². The SMILES string of the molecule is NCC1O[C@@H](OC2C(O)[C@H](O[C@@H]3OC(CO)[C@H](O)C(N)C3O)C(N)C[C@@H]2N)C(O)C(O)[C@H]1O.O=S(=O)(O)O. The van der Waals surface area contributed by atoms with Crippen LogP contribution in [0.3, 0.4) is 0 Å². The molecule has 0 spiro atoms. The standard InChI is InChI=1S/C18H36N4O11.H2O4S/c19-2-6-10(25)12(27)13(28)18(30-6)33-16-5(21)1-4(20)15(14(16)29)32-17-11(26)8(22)9(24)7(3-23)31-17;1-5(2,3)4/h4-18,23-29H,1-3,19-22H2;(H2,1,2,3,4)/t4?,5-,6?,7?,8?,9-,10-,11?,12?,13?,14?,15+,16?,17-,18-;/m0./s1. The minimum absolute atomic E-state index is 0.0849. The van der Waals surface area contributed by atoms with Crippen LogP contribution in [0, 0.1) is 0 Å². The molecule has 3 rings (SSSR count). The van der Waals surface area contributed by atoms with Crippen LogP contribution in [0.25, 0.3) is 0 Å². The van der Waals surface area contributed by atoms with Crippen LogP contribution in [0.4, 0.5) is 0 Å². The summed E-state index contributed by atoms with van der Waals surface area (Å²) < 4.78 is 53.8. The third kappa shape index (κ3) is 8.15. The molecule has 15 atom stereocenters. The fraction of sp³-hybridized carbons (Fsp3) is 1.00. The van der Waals surface area contributed by atoms with Gasteiger partial charge in [-0.15, -0.1) is 0 Å². The third-order valence-electron chi connectivity index (χ3n) is 6.48. The molecule has 0 aromatic heterocycles. The van der Waals surface area contributed by atoms with Crippen molar-refractivity contribution in [3.63, 3.8) is 0 Å². The molecule has 20 heteroatoms. The van der Waals surface area contributed by atoms with E-state index in [0.29, 0.717) is 0 Å². The average molecular weight is 583 g/mol. The number of ether oxygens (including phenoxy) is 4. The fourth-order valence-electron chi connectivity index (χ4n) is 4.40. The van der Waals surface area contributed by atoms with Crippen LogP contribution in [0.1, 0.15) is 6.42 Å². The Bertz CT molecular complexity index is 783. The van der Waals surface area contributed by atoms with Crippen molar-refractivity contribution < 1.29 is 72.2 Å². The maximum Gasteiger partial charge on any atom is 0.394 e. The summed E-state index contributed by atoms with van der Waals surface area (Å²) in [5, 5.41) is 70.9. The Balaban J connectivity index is 0.000000926. The molecule has 0 bridgehead atoms. The highest BCUT2D eigenvalue weighted by Crippen LogP contribution is 2.31. The maximum atomic E-state index is 10.9. The van der Waals surface area contributed by atoms with Crippen molar-refractivity contribution in [3.05, 3.63) is 0 Å². The van der Waals surface area contributed by atoms with Gasteiger partial charge in [-0.05, 0) is 6.42 Å². The Morgan fingerprint density at radius 3 is 1.61 bits per heavy atom. The second-order valence-corrected chi connectivity index (χ2v) is 10.1. The molecule has 19 nitrogen and oxygen atoms in total. The number of aliphatic hydroxyl groups is 7. The Morgan fingerprint density at radius 2 is 1.16 bits per heavy atom. The summed E-state index contributed by atoms with van der Waals surface area (Å²) in [7, 11) is -4.67. The Morgan fingerprint density at radius 1 is 0.711 bits per heavy atom. The lowest BCUT2D eigenvalue weighted by molar-refractivity contribution is -0.332. The predicted octanol–water partition coefficient (Wildman–Crippen LogP) is -7.94. The van der Waals surface area contributed by atoms with Crippen LogP contribution < -0.4 is 22.9 Å². The van der Waals surface area contributed by atoms with Crippen molar-refractivity contribution in [1.29, 1.82) is 0 Å². The largest absolute Gasteiger partial charge is 0.394 e. The van der Waals surface area contributed by atoms with Crippen molar-refractivity contribution in [2.75, 3.05) is 13.2 Å². The molecule has 2 saturated heterocycles. The molecule has 2 aliphatic heterocycles. The van der Waals surface area contributed by atoms with Gasteiger partial charge in [0.2, 0.25) is 0 Å². The van der Waals surface area contributed by atoms with E-state index >= 15 is 0 Å². The normalized spacial score (nSPS) is 48.2. The molecule has 17 N–H and O–H groups in total. The highest BCUT2D eigenvalue weighted by atomic mass is 32.3. The lowest BCUT2D eigenvalue weighted by atomic mass is 9.84. The van der Waals surface area contributed by atoms with Gasteiger partial charge in [-0.3, -0.25) is 9.11 Å². The molecular formula is C18H38N4O15S. The topological polar surface area (TPSA) is 357 Å². The van der Waals surface area contributed by atoms with E-state index in [1.165, 1.54) is 0 Å². The molecule has 3 aliphatic rings. The lowest BCUT2D eigenvalue weighted by Gasteiger charge is -2.48. The van der Waals surface area contributed by atoms with Gasteiger partial charge < -0.3 is 77.6 Å². The van der Waals surface area contributed by atoms with Crippen molar-refractivity contribution in [2.24, 2.45) is 22.9 Å². The first-order valence-electron chi connectivity index (χ1n) is 11.5. The van der Waals surface area contributed by atoms with Crippen molar-refractivity contribution in [2.45, 2.75) is 98.2 Å². The Hall–Kier alpha value is -0.730. The molecule has 1 saturated carbocycles. The zero-order chi connectivity index (χ0) is 29.1. The summed E-state index contributed by atoms with van der Waals surface area (Å²) in [5.74, 6) is 0. The monoisotopic (exact) mass is 582 g/mol. The van der Waals surface area contributed by atoms with E-state index in [2.05, 4.69) is 0 Å². The van der Waals surface area contributed by atoms with Gasteiger partial charge in [0.25, 0.3) is 0 Å². The fourth-order valence-corrected chi connectivity index (χ4v) is 4.40. The van der Waals surface area contributed by atoms with Crippen molar-refractivity contribution in [1.82, 2.24) is 0 Å². The van der Waals surface area contributed by atoms with Crippen LogP contribution >= 0.6 is 0 Å². The van der Waals surface area contributed by atoms with Crippen LogP contribution in [0.15, 0.2) is 0 Å². The zero-order valence-electron chi connectivity index (χ0n) is 20.0. The number of hydrogen-bond donors (Lipinski definition) is 13. The van der Waals surface area contributed by atoms with Gasteiger partial charge in [-0.2, -0.15) is 8.42 Å². The van der Waals surface area contributed by atoms with Gasteiger partial charge in [-0.25, -0.2) is 0 Å². The average Bonchev–Trinajstić information content (AvgIpc) is 2.83. The van der Waals surface area contributed by atoms with Gasteiger partial charge in [0, 0.05) is 18.6 Å². The van der Waals surface area contributed by atoms with Crippen LogP contribution in [-0.4, -0.2) is 158 Å². The number of rotatable bonds is 6. The summed E-state index contributed by atoms with van der Waals surface area (Å²) in [6.07, 6.45) is -16.5. The molecular weight excluding hydrogens is 544 g/mol. The molecule has 38 heavy (non-hydrogen) atoms. The molecule has 0 aromatic carbocycles. The highest BCUT2D eigenvalue weighted by molar-refractivity contribution is 7.79. The Kier molecular flexibility index (Phi) is 12.1. The molecule has 2 heterocycles. The first-order chi connectivity index (χ1) is 17.5. The van der Waals surface area contributed by atoms with Crippen LogP contribution in [-0.2, 0) is 29.3 Å².